The molecular formula is C13H16ClF3. The van der Waals surface area contributed by atoms with E-state index >= 15 is 0 Å². The molecule has 96 valence electrons. The molecule has 0 nitrogen and oxygen atoms in total. The lowest BCUT2D eigenvalue weighted by atomic mass is 9.91. The zero-order chi connectivity index (χ0) is 13.1. The van der Waals surface area contributed by atoms with Crippen molar-refractivity contribution in [3.05, 3.63) is 35.4 Å². The molecule has 0 aromatic heterocycles. The third-order valence-electron chi connectivity index (χ3n) is 2.86. The van der Waals surface area contributed by atoms with Gasteiger partial charge in [-0.2, -0.15) is 13.2 Å². The normalized spacial score (nSPS) is 15.6. The number of benzene rings is 1. The van der Waals surface area contributed by atoms with Gasteiger partial charge in [-0.25, -0.2) is 0 Å². The van der Waals surface area contributed by atoms with Crippen LogP contribution >= 0.6 is 11.6 Å². The van der Waals surface area contributed by atoms with Crippen LogP contribution in [0.1, 0.15) is 43.7 Å². The molecule has 0 N–H and O–H groups in total. The van der Waals surface area contributed by atoms with Gasteiger partial charge in [-0.1, -0.05) is 38.5 Å². The van der Waals surface area contributed by atoms with Gasteiger partial charge in [-0.05, 0) is 24.0 Å². The maximum Gasteiger partial charge on any atom is 0.416 e. The van der Waals surface area contributed by atoms with Crippen LogP contribution in [-0.2, 0) is 6.18 Å². The van der Waals surface area contributed by atoms with Gasteiger partial charge in [0.05, 0.1) is 5.56 Å². The summed E-state index contributed by atoms with van der Waals surface area (Å²) >= 11 is 6.12. The predicted octanol–water partition coefficient (Wildman–Crippen LogP) is 5.22. The zero-order valence-electron chi connectivity index (χ0n) is 9.89. The standard InChI is InChI=1S/C13H16ClF3/c1-3-6-12(14)9(2)10-7-4-5-8-11(10)13(15,16)17/h4-5,7-9,12H,3,6H2,1-2H3. The molecule has 0 aliphatic carbocycles. The van der Waals surface area contributed by atoms with Crippen molar-refractivity contribution in [2.45, 2.75) is 44.2 Å². The lowest BCUT2D eigenvalue weighted by molar-refractivity contribution is -0.138. The van der Waals surface area contributed by atoms with Crippen molar-refractivity contribution in [1.82, 2.24) is 0 Å². The molecule has 0 aliphatic rings. The van der Waals surface area contributed by atoms with Crippen molar-refractivity contribution in [2.24, 2.45) is 0 Å². The SMILES string of the molecule is CCCC(Cl)C(C)c1ccccc1C(F)(F)F. The minimum atomic E-state index is -4.31. The van der Waals surface area contributed by atoms with E-state index in [1.54, 1.807) is 13.0 Å². The summed E-state index contributed by atoms with van der Waals surface area (Å²) in [6, 6.07) is 5.65. The van der Waals surface area contributed by atoms with E-state index in [9.17, 15) is 13.2 Å². The summed E-state index contributed by atoms with van der Waals surface area (Å²) in [5, 5.41) is -0.261. The van der Waals surface area contributed by atoms with E-state index in [2.05, 4.69) is 0 Å². The topological polar surface area (TPSA) is 0 Å². The molecule has 0 fully saturated rings. The first-order chi connectivity index (χ1) is 7.88. The summed E-state index contributed by atoms with van der Waals surface area (Å²) in [7, 11) is 0. The molecule has 0 heterocycles. The molecule has 1 aromatic carbocycles. The molecule has 0 amide bonds. The molecule has 0 aliphatic heterocycles. The Labute approximate surface area is 105 Å². The van der Waals surface area contributed by atoms with Gasteiger partial charge < -0.3 is 0 Å². The fraction of sp³-hybridized carbons (Fsp3) is 0.538. The zero-order valence-corrected chi connectivity index (χ0v) is 10.6. The van der Waals surface area contributed by atoms with Gasteiger partial charge in [0.25, 0.3) is 0 Å². The Balaban J connectivity index is 3.05. The highest BCUT2D eigenvalue weighted by Gasteiger charge is 2.35. The molecule has 4 heteroatoms. The van der Waals surface area contributed by atoms with Crippen molar-refractivity contribution in [3.63, 3.8) is 0 Å². The summed E-state index contributed by atoms with van der Waals surface area (Å²) in [6.45, 7) is 3.72. The Morgan fingerprint density at radius 1 is 1.24 bits per heavy atom. The fourth-order valence-corrected chi connectivity index (χ4v) is 2.23. The maximum absolute atomic E-state index is 12.8. The molecule has 2 atom stereocenters. The van der Waals surface area contributed by atoms with Crippen LogP contribution in [0, 0.1) is 0 Å². The van der Waals surface area contributed by atoms with Crippen LogP contribution in [0.2, 0.25) is 0 Å². The average Bonchev–Trinajstić information content (AvgIpc) is 2.27. The first-order valence-electron chi connectivity index (χ1n) is 5.68. The van der Waals surface area contributed by atoms with E-state index in [-0.39, 0.29) is 16.9 Å². The first kappa shape index (κ1) is 14.4. The van der Waals surface area contributed by atoms with Crippen molar-refractivity contribution in [1.29, 1.82) is 0 Å². The largest absolute Gasteiger partial charge is 0.416 e. The summed E-state index contributed by atoms with van der Waals surface area (Å²) in [5.41, 5.74) is -0.289. The van der Waals surface area contributed by atoms with E-state index in [0.29, 0.717) is 0 Å². The van der Waals surface area contributed by atoms with Gasteiger partial charge in [-0.3, -0.25) is 0 Å². The molecule has 1 aromatic rings. The highest BCUT2D eigenvalue weighted by atomic mass is 35.5. The Hall–Kier alpha value is -0.700. The predicted molar refractivity (Wildman–Crippen MR) is 64.4 cm³/mol. The highest BCUT2D eigenvalue weighted by molar-refractivity contribution is 6.21. The molecule has 0 bridgehead atoms. The highest BCUT2D eigenvalue weighted by Crippen LogP contribution is 2.37. The summed E-state index contributed by atoms with van der Waals surface area (Å²) in [5.74, 6) is -0.297. The number of alkyl halides is 4. The minimum Gasteiger partial charge on any atom is -0.166 e. The van der Waals surface area contributed by atoms with Crippen LogP contribution in [0.5, 0.6) is 0 Å². The van der Waals surface area contributed by atoms with E-state index in [1.807, 2.05) is 6.92 Å². The summed E-state index contributed by atoms with van der Waals surface area (Å²) in [4.78, 5) is 0. The van der Waals surface area contributed by atoms with Gasteiger partial charge in [0, 0.05) is 5.38 Å². The van der Waals surface area contributed by atoms with Crippen molar-refractivity contribution in [2.75, 3.05) is 0 Å². The number of hydrogen-bond donors (Lipinski definition) is 0. The quantitative estimate of drug-likeness (QED) is 0.654. The van der Waals surface area contributed by atoms with Crippen LogP contribution in [0.25, 0.3) is 0 Å². The van der Waals surface area contributed by atoms with Gasteiger partial charge >= 0.3 is 6.18 Å². The number of halogens is 4. The lowest BCUT2D eigenvalue weighted by Crippen LogP contribution is -2.16. The van der Waals surface area contributed by atoms with Crippen LogP contribution < -0.4 is 0 Å². The monoisotopic (exact) mass is 264 g/mol. The third kappa shape index (κ3) is 3.63. The summed E-state index contributed by atoms with van der Waals surface area (Å²) < 4.78 is 38.4. The Morgan fingerprint density at radius 3 is 2.35 bits per heavy atom. The molecule has 2 unspecified atom stereocenters. The van der Waals surface area contributed by atoms with Crippen LogP contribution in [0.3, 0.4) is 0 Å². The van der Waals surface area contributed by atoms with Crippen molar-refractivity contribution >= 4 is 11.6 Å². The molecule has 1 rings (SSSR count). The second-order valence-electron chi connectivity index (χ2n) is 4.18. The number of hydrogen-bond acceptors (Lipinski definition) is 0. The minimum absolute atomic E-state index is 0.261. The van der Waals surface area contributed by atoms with E-state index < -0.39 is 11.7 Å². The maximum atomic E-state index is 12.8. The second kappa shape index (κ2) is 5.76. The van der Waals surface area contributed by atoms with E-state index in [0.717, 1.165) is 18.9 Å². The van der Waals surface area contributed by atoms with E-state index in [1.165, 1.54) is 12.1 Å². The van der Waals surface area contributed by atoms with Crippen molar-refractivity contribution in [3.8, 4) is 0 Å². The van der Waals surface area contributed by atoms with Crippen LogP contribution in [0.15, 0.2) is 24.3 Å². The van der Waals surface area contributed by atoms with Crippen LogP contribution in [-0.4, -0.2) is 5.38 Å². The Kier molecular flexibility index (Phi) is 4.87. The average molecular weight is 265 g/mol. The lowest BCUT2D eigenvalue weighted by Gasteiger charge is -2.22. The van der Waals surface area contributed by atoms with Crippen molar-refractivity contribution < 1.29 is 13.2 Å². The Morgan fingerprint density at radius 2 is 1.82 bits per heavy atom. The van der Waals surface area contributed by atoms with Gasteiger partial charge in [0.1, 0.15) is 0 Å². The third-order valence-corrected chi connectivity index (χ3v) is 3.46. The summed E-state index contributed by atoms with van der Waals surface area (Å²) in [6.07, 6.45) is -2.73. The fourth-order valence-electron chi connectivity index (χ4n) is 1.87. The first-order valence-corrected chi connectivity index (χ1v) is 6.11. The molecule has 0 saturated carbocycles. The molecule has 17 heavy (non-hydrogen) atoms. The molecule has 0 spiro atoms. The number of rotatable bonds is 4. The van der Waals surface area contributed by atoms with Crippen LogP contribution in [0.4, 0.5) is 13.2 Å². The Bertz CT molecular complexity index is 360. The smallest absolute Gasteiger partial charge is 0.166 e. The molecule has 0 radical (unpaired) electrons. The van der Waals surface area contributed by atoms with E-state index in [4.69, 9.17) is 11.6 Å². The molecule has 0 saturated heterocycles. The van der Waals surface area contributed by atoms with Gasteiger partial charge in [0.2, 0.25) is 0 Å². The van der Waals surface area contributed by atoms with Gasteiger partial charge in [-0.15, -0.1) is 11.6 Å². The molecular weight excluding hydrogens is 249 g/mol. The van der Waals surface area contributed by atoms with Gasteiger partial charge in [0.15, 0.2) is 0 Å². The second-order valence-corrected chi connectivity index (χ2v) is 4.74.